The Labute approximate surface area is 88.1 Å². The molecule has 0 aromatic heterocycles. The molecular formula is C11H14O4. The topological polar surface area (TPSA) is 66.8 Å². The van der Waals surface area contributed by atoms with E-state index >= 15 is 0 Å². The lowest BCUT2D eigenvalue weighted by molar-refractivity contribution is -0.138. The van der Waals surface area contributed by atoms with Crippen LogP contribution >= 0.6 is 0 Å². The highest BCUT2D eigenvalue weighted by molar-refractivity contribution is 5.77. The highest BCUT2D eigenvalue weighted by atomic mass is 16.5. The summed E-state index contributed by atoms with van der Waals surface area (Å²) in [5, 5.41) is 18.7. The number of para-hydroxylation sites is 1. The third-order valence-electron chi connectivity index (χ3n) is 2.33. The largest absolute Gasteiger partial charge is 0.504 e. The zero-order valence-electron chi connectivity index (χ0n) is 8.73. The normalized spacial score (nSPS) is 12.1. The Morgan fingerprint density at radius 2 is 2.20 bits per heavy atom. The molecule has 1 atom stereocenters. The maximum Gasteiger partial charge on any atom is 0.311 e. The van der Waals surface area contributed by atoms with Gasteiger partial charge < -0.3 is 14.9 Å². The van der Waals surface area contributed by atoms with Gasteiger partial charge in [0.15, 0.2) is 11.5 Å². The van der Waals surface area contributed by atoms with Crippen molar-refractivity contribution in [1.29, 1.82) is 0 Å². The van der Waals surface area contributed by atoms with Crippen molar-refractivity contribution in [3.63, 3.8) is 0 Å². The van der Waals surface area contributed by atoms with E-state index in [1.54, 1.807) is 25.1 Å². The molecule has 0 bridgehead atoms. The number of aliphatic carboxylic acids is 1. The molecule has 0 amide bonds. The third kappa shape index (κ3) is 2.21. The molecule has 0 heterocycles. The minimum absolute atomic E-state index is 0.0887. The minimum atomic E-state index is -0.943. The lowest BCUT2D eigenvalue weighted by Gasteiger charge is -2.13. The van der Waals surface area contributed by atoms with Crippen LogP contribution in [0.4, 0.5) is 0 Å². The highest BCUT2D eigenvalue weighted by Crippen LogP contribution is 2.35. The number of methoxy groups -OCH3 is 1. The average Bonchev–Trinajstić information content (AvgIpc) is 2.21. The summed E-state index contributed by atoms with van der Waals surface area (Å²) >= 11 is 0. The molecule has 1 aromatic carbocycles. The number of carboxylic acid groups (broad SMARTS) is 1. The van der Waals surface area contributed by atoms with Gasteiger partial charge in [0.2, 0.25) is 0 Å². The maximum atomic E-state index is 10.9. The summed E-state index contributed by atoms with van der Waals surface area (Å²) in [6.07, 6.45) is 0.427. The molecule has 4 heteroatoms. The predicted molar refractivity (Wildman–Crippen MR) is 55.3 cm³/mol. The second-order valence-electron chi connectivity index (χ2n) is 3.20. The molecule has 1 rings (SSSR count). The van der Waals surface area contributed by atoms with Crippen LogP contribution in [-0.2, 0) is 4.79 Å². The van der Waals surface area contributed by atoms with Gasteiger partial charge in [0.1, 0.15) is 0 Å². The molecule has 4 nitrogen and oxygen atoms in total. The zero-order chi connectivity index (χ0) is 11.4. The number of benzene rings is 1. The summed E-state index contributed by atoms with van der Waals surface area (Å²) in [5.74, 6) is -1.43. The summed E-state index contributed by atoms with van der Waals surface area (Å²) in [4.78, 5) is 10.9. The number of phenols is 1. The Kier molecular flexibility index (Phi) is 3.55. The van der Waals surface area contributed by atoms with Crippen LogP contribution in [0.3, 0.4) is 0 Å². The van der Waals surface area contributed by atoms with Gasteiger partial charge in [-0.3, -0.25) is 4.79 Å². The van der Waals surface area contributed by atoms with Crippen LogP contribution < -0.4 is 4.74 Å². The molecule has 0 saturated carbocycles. The van der Waals surface area contributed by atoms with Gasteiger partial charge >= 0.3 is 5.97 Å². The van der Waals surface area contributed by atoms with E-state index in [0.717, 1.165) is 0 Å². The van der Waals surface area contributed by atoms with Crippen LogP contribution in [-0.4, -0.2) is 23.3 Å². The SMILES string of the molecule is CCC(C(=O)O)c1cccc(OC)c1O. The molecule has 1 unspecified atom stereocenters. The van der Waals surface area contributed by atoms with E-state index in [-0.39, 0.29) is 5.75 Å². The predicted octanol–water partition coefficient (Wildman–Crippen LogP) is 1.98. The van der Waals surface area contributed by atoms with Gasteiger partial charge in [-0.15, -0.1) is 0 Å². The molecule has 0 radical (unpaired) electrons. The molecule has 1 aromatic rings. The number of aromatic hydroxyl groups is 1. The van der Waals surface area contributed by atoms with E-state index in [0.29, 0.717) is 17.7 Å². The number of ether oxygens (including phenoxy) is 1. The van der Waals surface area contributed by atoms with E-state index in [1.807, 2.05) is 0 Å². The lowest BCUT2D eigenvalue weighted by Crippen LogP contribution is -2.10. The smallest absolute Gasteiger partial charge is 0.311 e. The van der Waals surface area contributed by atoms with Crippen molar-refractivity contribution in [2.75, 3.05) is 7.11 Å². The maximum absolute atomic E-state index is 10.9. The molecule has 0 aliphatic heterocycles. The average molecular weight is 210 g/mol. The van der Waals surface area contributed by atoms with E-state index in [2.05, 4.69) is 0 Å². The van der Waals surface area contributed by atoms with E-state index in [9.17, 15) is 9.90 Å². The number of hydrogen-bond acceptors (Lipinski definition) is 3. The molecule has 2 N–H and O–H groups in total. The Hall–Kier alpha value is -1.71. The molecule has 0 aliphatic rings. The van der Waals surface area contributed by atoms with E-state index in [4.69, 9.17) is 9.84 Å². The first-order chi connectivity index (χ1) is 7.11. The summed E-state index contributed by atoms with van der Waals surface area (Å²) in [7, 11) is 1.43. The van der Waals surface area contributed by atoms with Crippen LogP contribution in [0.5, 0.6) is 11.5 Å². The summed E-state index contributed by atoms with van der Waals surface area (Å²) in [6, 6.07) is 4.85. The quantitative estimate of drug-likeness (QED) is 0.797. The molecule has 15 heavy (non-hydrogen) atoms. The van der Waals surface area contributed by atoms with Crippen molar-refractivity contribution >= 4 is 5.97 Å². The number of carbonyl (C=O) groups is 1. The van der Waals surface area contributed by atoms with Crippen LogP contribution in [0.2, 0.25) is 0 Å². The standard InChI is InChI=1S/C11H14O4/c1-3-7(11(13)14)8-5-4-6-9(15-2)10(8)12/h4-7,12H,3H2,1-2H3,(H,13,14). The van der Waals surface area contributed by atoms with E-state index in [1.165, 1.54) is 7.11 Å². The second-order valence-corrected chi connectivity index (χ2v) is 3.20. The molecule has 0 spiro atoms. The molecular weight excluding hydrogens is 196 g/mol. The van der Waals surface area contributed by atoms with Crippen molar-refractivity contribution in [2.24, 2.45) is 0 Å². The molecule has 0 saturated heterocycles. The Balaban J connectivity index is 3.18. The molecule has 0 fully saturated rings. The first-order valence-corrected chi connectivity index (χ1v) is 4.70. The summed E-state index contributed by atoms with van der Waals surface area (Å²) in [5.41, 5.74) is 0.393. The minimum Gasteiger partial charge on any atom is -0.504 e. The van der Waals surface area contributed by atoms with Gasteiger partial charge in [-0.05, 0) is 12.5 Å². The monoisotopic (exact) mass is 210 g/mol. The summed E-state index contributed by atoms with van der Waals surface area (Å²) in [6.45, 7) is 1.76. The Bertz CT molecular complexity index is 360. The van der Waals surface area contributed by atoms with Crippen LogP contribution in [0.15, 0.2) is 18.2 Å². The Morgan fingerprint density at radius 3 is 2.67 bits per heavy atom. The zero-order valence-corrected chi connectivity index (χ0v) is 8.73. The van der Waals surface area contributed by atoms with Crippen LogP contribution in [0, 0.1) is 0 Å². The number of phenolic OH excluding ortho intramolecular Hbond substituents is 1. The van der Waals surface area contributed by atoms with E-state index < -0.39 is 11.9 Å². The number of rotatable bonds is 4. The van der Waals surface area contributed by atoms with Gasteiger partial charge in [-0.1, -0.05) is 19.1 Å². The Morgan fingerprint density at radius 1 is 1.53 bits per heavy atom. The fraction of sp³-hybridized carbons (Fsp3) is 0.364. The van der Waals surface area contributed by atoms with Crippen LogP contribution in [0.25, 0.3) is 0 Å². The fourth-order valence-electron chi connectivity index (χ4n) is 1.51. The van der Waals surface area contributed by atoms with Crippen molar-refractivity contribution < 1.29 is 19.7 Å². The summed E-state index contributed by atoms with van der Waals surface area (Å²) < 4.78 is 4.92. The van der Waals surface area contributed by atoms with Crippen molar-refractivity contribution in [2.45, 2.75) is 19.3 Å². The van der Waals surface area contributed by atoms with Gasteiger partial charge in [-0.2, -0.15) is 0 Å². The van der Waals surface area contributed by atoms with Crippen molar-refractivity contribution in [3.05, 3.63) is 23.8 Å². The number of carboxylic acids is 1. The first-order valence-electron chi connectivity index (χ1n) is 4.70. The van der Waals surface area contributed by atoms with Gasteiger partial charge in [0, 0.05) is 5.56 Å². The molecule has 0 aliphatic carbocycles. The van der Waals surface area contributed by atoms with Gasteiger partial charge in [0.25, 0.3) is 0 Å². The third-order valence-corrected chi connectivity index (χ3v) is 2.33. The van der Waals surface area contributed by atoms with Crippen LogP contribution in [0.1, 0.15) is 24.8 Å². The fourth-order valence-corrected chi connectivity index (χ4v) is 1.51. The lowest BCUT2D eigenvalue weighted by atomic mass is 9.95. The highest BCUT2D eigenvalue weighted by Gasteiger charge is 2.22. The van der Waals surface area contributed by atoms with Gasteiger partial charge in [0.05, 0.1) is 13.0 Å². The van der Waals surface area contributed by atoms with Crippen molar-refractivity contribution in [3.8, 4) is 11.5 Å². The first kappa shape index (κ1) is 11.4. The second kappa shape index (κ2) is 4.68. The molecule has 82 valence electrons. The van der Waals surface area contributed by atoms with Crippen molar-refractivity contribution in [1.82, 2.24) is 0 Å². The van der Waals surface area contributed by atoms with Gasteiger partial charge in [-0.25, -0.2) is 0 Å². The number of hydrogen-bond donors (Lipinski definition) is 2.